The Labute approximate surface area is 155 Å². The highest BCUT2D eigenvalue weighted by Crippen LogP contribution is 2.23. The fourth-order valence-electron chi connectivity index (χ4n) is 3.87. The summed E-state index contributed by atoms with van der Waals surface area (Å²) in [6, 6.07) is 9.84. The van der Waals surface area contributed by atoms with E-state index >= 15 is 0 Å². The lowest BCUT2D eigenvalue weighted by molar-refractivity contribution is -0.127. The maximum absolute atomic E-state index is 13.0. The first kappa shape index (κ1) is 18.4. The maximum atomic E-state index is 13.0. The quantitative estimate of drug-likeness (QED) is 0.476. The summed E-state index contributed by atoms with van der Waals surface area (Å²) in [5.74, 6) is -0.871. The molecule has 1 heterocycles. The van der Waals surface area contributed by atoms with E-state index in [2.05, 4.69) is 5.10 Å². The normalized spacial score (nSPS) is 15.5. The molecule has 0 saturated heterocycles. The summed E-state index contributed by atoms with van der Waals surface area (Å²) in [5.41, 5.74) is 2.62. The van der Waals surface area contributed by atoms with Gasteiger partial charge in [0, 0.05) is 13.1 Å². The van der Waals surface area contributed by atoms with E-state index in [-0.39, 0.29) is 6.04 Å². The number of carbonyl (C=O) groups excluding carboxylic acids is 2. The molecule has 3 rings (SSSR count). The van der Waals surface area contributed by atoms with Crippen LogP contribution in [0.4, 0.5) is 0 Å². The van der Waals surface area contributed by atoms with E-state index in [0.717, 1.165) is 31.4 Å². The molecule has 0 bridgehead atoms. The van der Waals surface area contributed by atoms with Gasteiger partial charge in [-0.25, -0.2) is 4.68 Å². The van der Waals surface area contributed by atoms with Crippen LogP contribution in [0.1, 0.15) is 60.3 Å². The molecule has 0 radical (unpaired) electrons. The minimum Gasteiger partial charge on any atom is -0.336 e. The third kappa shape index (κ3) is 3.57. The van der Waals surface area contributed by atoms with Crippen LogP contribution in [0.25, 0.3) is 5.69 Å². The van der Waals surface area contributed by atoms with Gasteiger partial charge < -0.3 is 4.90 Å². The fraction of sp³-hybridized carbons (Fsp3) is 0.476. The van der Waals surface area contributed by atoms with Crippen molar-refractivity contribution < 1.29 is 9.59 Å². The Morgan fingerprint density at radius 1 is 1.04 bits per heavy atom. The van der Waals surface area contributed by atoms with Crippen molar-refractivity contribution in [2.24, 2.45) is 0 Å². The van der Waals surface area contributed by atoms with Crippen LogP contribution in [-0.4, -0.2) is 39.5 Å². The first-order valence-corrected chi connectivity index (χ1v) is 9.44. The van der Waals surface area contributed by atoms with Crippen LogP contribution in [0, 0.1) is 13.8 Å². The van der Waals surface area contributed by atoms with Crippen LogP contribution in [0.15, 0.2) is 30.3 Å². The monoisotopic (exact) mass is 353 g/mol. The molecule has 1 aliphatic carbocycles. The van der Waals surface area contributed by atoms with E-state index in [9.17, 15) is 9.59 Å². The third-order valence-electron chi connectivity index (χ3n) is 5.41. The minimum atomic E-state index is -0.450. The Morgan fingerprint density at radius 3 is 2.27 bits per heavy atom. The van der Waals surface area contributed by atoms with Gasteiger partial charge in [-0.2, -0.15) is 5.10 Å². The van der Waals surface area contributed by atoms with Crippen molar-refractivity contribution in [1.29, 1.82) is 0 Å². The molecule has 2 aromatic rings. The molecular weight excluding hydrogens is 326 g/mol. The number of rotatable bonds is 4. The smallest absolute Gasteiger partial charge is 0.295 e. The minimum absolute atomic E-state index is 0.165. The number of carbonyl (C=O) groups is 2. The van der Waals surface area contributed by atoms with Crippen molar-refractivity contribution >= 4 is 11.7 Å². The molecule has 1 fully saturated rings. The number of nitrogens with zero attached hydrogens (tertiary/aromatic N) is 3. The zero-order valence-electron chi connectivity index (χ0n) is 15.9. The fourth-order valence-corrected chi connectivity index (χ4v) is 3.87. The number of Topliss-reactive ketones (excluding diaryl/α,β-unsaturated/α-hetero) is 1. The van der Waals surface area contributed by atoms with Crippen molar-refractivity contribution in [3.05, 3.63) is 47.3 Å². The molecule has 0 spiro atoms. The Morgan fingerprint density at radius 2 is 1.65 bits per heavy atom. The van der Waals surface area contributed by atoms with Gasteiger partial charge in [-0.1, -0.05) is 43.9 Å². The van der Waals surface area contributed by atoms with Gasteiger partial charge in [0.1, 0.15) is 0 Å². The summed E-state index contributed by atoms with van der Waals surface area (Å²) in [6.07, 6.45) is 6.65. The Hall–Kier alpha value is -2.43. The largest absolute Gasteiger partial charge is 0.336 e. The van der Waals surface area contributed by atoms with Crippen LogP contribution in [-0.2, 0) is 4.79 Å². The molecule has 1 aromatic carbocycles. The third-order valence-corrected chi connectivity index (χ3v) is 5.41. The molecule has 0 atom stereocenters. The predicted octanol–water partition coefficient (Wildman–Crippen LogP) is 3.85. The molecule has 26 heavy (non-hydrogen) atoms. The van der Waals surface area contributed by atoms with Gasteiger partial charge in [-0.3, -0.25) is 9.59 Å². The Kier molecular flexibility index (Phi) is 5.55. The van der Waals surface area contributed by atoms with E-state index in [1.54, 1.807) is 23.6 Å². The first-order valence-electron chi connectivity index (χ1n) is 9.44. The van der Waals surface area contributed by atoms with Crippen LogP contribution >= 0.6 is 0 Å². The highest BCUT2D eigenvalue weighted by Gasteiger charge is 2.30. The molecule has 1 aromatic heterocycles. The van der Waals surface area contributed by atoms with Gasteiger partial charge in [-0.05, 0) is 38.8 Å². The standard InChI is InChI=1S/C21H27N3O2/c1-15-19(16(2)24(22-15)18-13-9-6-10-14-18)20(25)21(26)23(3)17-11-7-4-5-8-12-17/h6,9-10,13-14,17H,4-5,7-8,11-12H2,1-3H3. The molecule has 0 N–H and O–H groups in total. The molecule has 1 aliphatic rings. The van der Waals surface area contributed by atoms with E-state index < -0.39 is 11.7 Å². The highest BCUT2D eigenvalue weighted by molar-refractivity contribution is 6.43. The molecule has 1 saturated carbocycles. The van der Waals surface area contributed by atoms with Gasteiger partial charge in [-0.15, -0.1) is 0 Å². The zero-order valence-corrected chi connectivity index (χ0v) is 15.9. The van der Waals surface area contributed by atoms with Gasteiger partial charge in [0.2, 0.25) is 0 Å². The second kappa shape index (κ2) is 7.85. The number of likely N-dealkylation sites (N-methyl/N-ethyl adjacent to an activating group) is 1. The molecule has 1 amide bonds. The average Bonchev–Trinajstić information content (AvgIpc) is 2.84. The molecule has 5 heteroatoms. The average molecular weight is 353 g/mol. The summed E-state index contributed by atoms with van der Waals surface area (Å²) in [6.45, 7) is 3.64. The summed E-state index contributed by atoms with van der Waals surface area (Å²) in [4.78, 5) is 27.5. The number of aromatic nitrogens is 2. The van der Waals surface area contributed by atoms with Crippen LogP contribution < -0.4 is 0 Å². The second-order valence-electron chi connectivity index (χ2n) is 7.18. The number of amides is 1. The first-order chi connectivity index (χ1) is 12.5. The molecule has 0 aliphatic heterocycles. The molecule has 0 unspecified atom stereocenters. The lowest BCUT2D eigenvalue weighted by Crippen LogP contribution is -2.41. The van der Waals surface area contributed by atoms with Gasteiger partial charge in [0.25, 0.3) is 11.7 Å². The molecular formula is C21H27N3O2. The van der Waals surface area contributed by atoms with Crippen LogP contribution in [0.2, 0.25) is 0 Å². The van der Waals surface area contributed by atoms with Crippen LogP contribution in [0.5, 0.6) is 0 Å². The summed E-state index contributed by atoms with van der Waals surface area (Å²) in [5, 5.41) is 4.50. The van der Waals surface area contributed by atoms with Gasteiger partial charge in [0.15, 0.2) is 0 Å². The highest BCUT2D eigenvalue weighted by atomic mass is 16.2. The van der Waals surface area contributed by atoms with E-state index in [0.29, 0.717) is 17.0 Å². The second-order valence-corrected chi connectivity index (χ2v) is 7.18. The van der Waals surface area contributed by atoms with Gasteiger partial charge in [0.05, 0.1) is 22.6 Å². The van der Waals surface area contributed by atoms with E-state index in [1.165, 1.54) is 12.8 Å². The number of hydrogen-bond donors (Lipinski definition) is 0. The van der Waals surface area contributed by atoms with Crippen molar-refractivity contribution in [2.45, 2.75) is 58.4 Å². The van der Waals surface area contributed by atoms with Crippen molar-refractivity contribution in [3.63, 3.8) is 0 Å². The number of ketones is 1. The Balaban J connectivity index is 1.85. The SMILES string of the molecule is Cc1nn(-c2ccccc2)c(C)c1C(=O)C(=O)N(C)C1CCCCCC1. The topological polar surface area (TPSA) is 55.2 Å². The number of para-hydroxylation sites is 1. The lowest BCUT2D eigenvalue weighted by atomic mass is 10.0. The Bertz CT molecular complexity index is 787. The predicted molar refractivity (Wildman–Crippen MR) is 102 cm³/mol. The lowest BCUT2D eigenvalue weighted by Gasteiger charge is -2.26. The summed E-state index contributed by atoms with van der Waals surface area (Å²) >= 11 is 0. The van der Waals surface area contributed by atoms with E-state index in [4.69, 9.17) is 0 Å². The van der Waals surface area contributed by atoms with Crippen molar-refractivity contribution in [2.75, 3.05) is 7.05 Å². The summed E-state index contributed by atoms with van der Waals surface area (Å²) in [7, 11) is 1.77. The maximum Gasteiger partial charge on any atom is 0.295 e. The molecule has 138 valence electrons. The number of aryl methyl sites for hydroxylation is 1. The van der Waals surface area contributed by atoms with Crippen molar-refractivity contribution in [3.8, 4) is 5.69 Å². The molecule has 5 nitrogen and oxygen atoms in total. The van der Waals surface area contributed by atoms with Crippen LogP contribution in [0.3, 0.4) is 0 Å². The summed E-state index contributed by atoms with van der Waals surface area (Å²) < 4.78 is 1.74. The van der Waals surface area contributed by atoms with E-state index in [1.807, 2.05) is 37.3 Å². The zero-order chi connectivity index (χ0) is 18.7. The number of benzene rings is 1. The van der Waals surface area contributed by atoms with Crippen molar-refractivity contribution in [1.82, 2.24) is 14.7 Å². The van der Waals surface area contributed by atoms with Gasteiger partial charge >= 0.3 is 0 Å². The number of hydrogen-bond acceptors (Lipinski definition) is 3.